The molecule has 3 heterocycles. The number of nitrogens with zero attached hydrogens (tertiary/aromatic N) is 5. The van der Waals surface area contributed by atoms with Gasteiger partial charge < -0.3 is 9.14 Å². The molecule has 2 aromatic carbocycles. The van der Waals surface area contributed by atoms with E-state index in [0.717, 1.165) is 22.3 Å². The van der Waals surface area contributed by atoms with Crippen molar-refractivity contribution in [1.29, 1.82) is 5.26 Å². The standard InChI is InChI=1S/C25H18ClN5OS/c1-32-23-8-3-2-6-20(23)24-28-29-25(31(24)19-11-9-18(26)10-12-19)33-16-17-15-30-13-5-4-7-22(30)21(17)14-27/h2-13,15H,16H2,1H3. The monoisotopic (exact) mass is 471 g/mol. The Kier molecular flexibility index (Phi) is 5.78. The van der Waals surface area contributed by atoms with E-state index in [4.69, 9.17) is 16.3 Å². The second-order valence-corrected chi connectivity index (χ2v) is 8.62. The largest absolute Gasteiger partial charge is 0.496 e. The quantitative estimate of drug-likeness (QED) is 0.283. The Balaban J connectivity index is 1.58. The van der Waals surface area contributed by atoms with Gasteiger partial charge in [-0.15, -0.1) is 10.2 Å². The van der Waals surface area contributed by atoms with E-state index in [1.54, 1.807) is 7.11 Å². The van der Waals surface area contributed by atoms with Gasteiger partial charge in [0.2, 0.25) is 0 Å². The Bertz CT molecular complexity index is 1480. The normalized spacial score (nSPS) is 10.9. The number of para-hydroxylation sites is 1. The zero-order valence-corrected chi connectivity index (χ0v) is 19.2. The SMILES string of the molecule is COc1ccccc1-c1nnc(SCc2cn3ccccc3c2C#N)n1-c1ccc(Cl)cc1. The third kappa shape index (κ3) is 3.95. The number of benzene rings is 2. The fourth-order valence-corrected chi connectivity index (χ4v) is 4.80. The van der Waals surface area contributed by atoms with Gasteiger partial charge in [-0.1, -0.05) is 41.6 Å². The summed E-state index contributed by atoms with van der Waals surface area (Å²) in [4.78, 5) is 0. The number of halogens is 1. The fraction of sp³-hybridized carbons (Fsp3) is 0.0800. The third-order valence-electron chi connectivity index (χ3n) is 5.30. The molecule has 3 aromatic heterocycles. The van der Waals surface area contributed by atoms with Crippen molar-refractivity contribution < 1.29 is 4.74 Å². The van der Waals surface area contributed by atoms with Crippen molar-refractivity contribution in [3.8, 4) is 28.9 Å². The van der Waals surface area contributed by atoms with E-state index >= 15 is 0 Å². The Morgan fingerprint density at radius 1 is 1.03 bits per heavy atom. The molecule has 0 aliphatic rings. The molecule has 0 N–H and O–H groups in total. The fourth-order valence-electron chi connectivity index (χ4n) is 3.75. The zero-order chi connectivity index (χ0) is 22.8. The summed E-state index contributed by atoms with van der Waals surface area (Å²) in [6, 6.07) is 23.4. The first-order chi connectivity index (χ1) is 16.2. The van der Waals surface area contributed by atoms with Crippen LogP contribution < -0.4 is 4.74 Å². The van der Waals surface area contributed by atoms with Crippen LogP contribution in [0, 0.1) is 11.3 Å². The molecule has 8 heteroatoms. The molecule has 0 amide bonds. The van der Waals surface area contributed by atoms with Gasteiger partial charge in [0, 0.05) is 28.9 Å². The lowest BCUT2D eigenvalue weighted by atomic mass is 10.2. The molecule has 0 bridgehead atoms. The second kappa shape index (κ2) is 9.02. The number of thioether (sulfide) groups is 1. The molecule has 6 nitrogen and oxygen atoms in total. The maximum atomic E-state index is 9.74. The Labute approximate surface area is 200 Å². The molecule has 0 aliphatic carbocycles. The van der Waals surface area contributed by atoms with Crippen molar-refractivity contribution in [3.63, 3.8) is 0 Å². The maximum Gasteiger partial charge on any atom is 0.196 e. The molecule has 5 rings (SSSR count). The summed E-state index contributed by atoms with van der Waals surface area (Å²) in [6.07, 6.45) is 3.94. The Morgan fingerprint density at radius 3 is 2.61 bits per heavy atom. The minimum atomic E-state index is 0.572. The van der Waals surface area contributed by atoms with Crippen LogP contribution in [0.3, 0.4) is 0 Å². The number of nitriles is 1. The van der Waals surface area contributed by atoms with Crippen molar-refractivity contribution in [2.24, 2.45) is 0 Å². The van der Waals surface area contributed by atoms with Gasteiger partial charge in [-0.05, 0) is 54.1 Å². The van der Waals surface area contributed by atoms with E-state index in [-0.39, 0.29) is 0 Å². The summed E-state index contributed by atoms with van der Waals surface area (Å²) in [7, 11) is 1.64. The van der Waals surface area contributed by atoms with Gasteiger partial charge >= 0.3 is 0 Å². The number of hydrogen-bond donors (Lipinski definition) is 0. The highest BCUT2D eigenvalue weighted by Gasteiger charge is 2.20. The molecule has 0 unspecified atom stereocenters. The summed E-state index contributed by atoms with van der Waals surface area (Å²) < 4.78 is 9.52. The van der Waals surface area contributed by atoms with Gasteiger partial charge in [0.1, 0.15) is 11.8 Å². The van der Waals surface area contributed by atoms with Crippen LogP contribution in [0.2, 0.25) is 5.02 Å². The molecule has 0 atom stereocenters. The molecule has 0 aliphatic heterocycles. The van der Waals surface area contributed by atoms with Crippen LogP contribution in [0.25, 0.3) is 22.6 Å². The molecule has 0 saturated heterocycles. The van der Waals surface area contributed by atoms with Crippen LogP contribution >= 0.6 is 23.4 Å². The molecule has 162 valence electrons. The number of hydrogen-bond acceptors (Lipinski definition) is 5. The Hall–Kier alpha value is -3.73. The van der Waals surface area contributed by atoms with E-state index < -0.39 is 0 Å². The lowest BCUT2D eigenvalue weighted by molar-refractivity contribution is 0.416. The lowest BCUT2D eigenvalue weighted by Gasteiger charge is -2.12. The predicted octanol–water partition coefficient (Wildman–Crippen LogP) is 6.01. The molecular formula is C25H18ClN5OS. The van der Waals surface area contributed by atoms with Crippen LogP contribution in [-0.2, 0) is 5.75 Å². The van der Waals surface area contributed by atoms with Gasteiger partial charge in [-0.2, -0.15) is 5.26 Å². The van der Waals surface area contributed by atoms with Crippen molar-refractivity contribution in [3.05, 3.63) is 95.3 Å². The minimum Gasteiger partial charge on any atom is -0.496 e. The van der Waals surface area contributed by atoms with Crippen LogP contribution in [-0.4, -0.2) is 26.3 Å². The molecule has 0 radical (unpaired) electrons. The van der Waals surface area contributed by atoms with Crippen molar-refractivity contribution >= 4 is 28.9 Å². The summed E-state index contributed by atoms with van der Waals surface area (Å²) in [5, 5.41) is 20.1. The van der Waals surface area contributed by atoms with Crippen molar-refractivity contribution in [2.75, 3.05) is 7.11 Å². The minimum absolute atomic E-state index is 0.572. The van der Waals surface area contributed by atoms with E-state index in [0.29, 0.717) is 33.1 Å². The highest BCUT2D eigenvalue weighted by atomic mass is 35.5. The zero-order valence-electron chi connectivity index (χ0n) is 17.6. The number of ether oxygens (including phenoxy) is 1. The number of rotatable bonds is 6. The summed E-state index contributed by atoms with van der Waals surface area (Å²) >= 11 is 7.66. The van der Waals surface area contributed by atoms with E-state index in [2.05, 4.69) is 16.3 Å². The first-order valence-corrected chi connectivity index (χ1v) is 11.5. The topological polar surface area (TPSA) is 68.1 Å². The number of aromatic nitrogens is 4. The molecule has 0 fully saturated rings. The smallest absolute Gasteiger partial charge is 0.196 e. The number of methoxy groups -OCH3 is 1. The number of fused-ring (bicyclic) bond motifs is 1. The molecule has 33 heavy (non-hydrogen) atoms. The molecular weight excluding hydrogens is 454 g/mol. The average molecular weight is 472 g/mol. The summed E-state index contributed by atoms with van der Waals surface area (Å²) in [5.41, 5.74) is 4.23. The predicted molar refractivity (Wildman–Crippen MR) is 130 cm³/mol. The van der Waals surface area contributed by atoms with Crippen molar-refractivity contribution in [2.45, 2.75) is 10.9 Å². The number of pyridine rings is 1. The van der Waals surface area contributed by atoms with E-state index in [1.165, 1.54) is 11.8 Å². The highest BCUT2D eigenvalue weighted by Crippen LogP contribution is 2.35. The molecule has 0 saturated carbocycles. The van der Waals surface area contributed by atoms with Crippen LogP contribution in [0.5, 0.6) is 5.75 Å². The third-order valence-corrected chi connectivity index (χ3v) is 6.53. The highest BCUT2D eigenvalue weighted by molar-refractivity contribution is 7.98. The van der Waals surface area contributed by atoms with Crippen LogP contribution in [0.15, 0.2) is 84.3 Å². The lowest BCUT2D eigenvalue weighted by Crippen LogP contribution is -2.01. The average Bonchev–Trinajstić information content (AvgIpc) is 3.44. The van der Waals surface area contributed by atoms with Gasteiger partial charge in [0.25, 0.3) is 0 Å². The molecule has 0 spiro atoms. The Morgan fingerprint density at radius 2 is 1.82 bits per heavy atom. The van der Waals surface area contributed by atoms with Gasteiger partial charge in [0.15, 0.2) is 11.0 Å². The van der Waals surface area contributed by atoms with Gasteiger partial charge in [-0.25, -0.2) is 0 Å². The van der Waals surface area contributed by atoms with Gasteiger partial charge in [-0.3, -0.25) is 4.57 Å². The summed E-state index contributed by atoms with van der Waals surface area (Å²) in [6.45, 7) is 0. The maximum absolute atomic E-state index is 9.74. The van der Waals surface area contributed by atoms with Crippen LogP contribution in [0.4, 0.5) is 0 Å². The first kappa shape index (κ1) is 21.1. The summed E-state index contributed by atoms with van der Waals surface area (Å²) in [5.74, 6) is 1.95. The van der Waals surface area contributed by atoms with Crippen LogP contribution in [0.1, 0.15) is 11.1 Å². The van der Waals surface area contributed by atoms with Gasteiger partial charge in [0.05, 0.1) is 23.8 Å². The first-order valence-electron chi connectivity index (χ1n) is 10.2. The van der Waals surface area contributed by atoms with E-state index in [1.807, 2.05) is 88.1 Å². The second-order valence-electron chi connectivity index (χ2n) is 7.24. The molecule has 5 aromatic rings. The van der Waals surface area contributed by atoms with E-state index in [9.17, 15) is 5.26 Å². The van der Waals surface area contributed by atoms with Crippen molar-refractivity contribution in [1.82, 2.24) is 19.2 Å².